The number of piperazine rings is 1. The summed E-state index contributed by atoms with van der Waals surface area (Å²) in [5.74, 6) is -0.205. The number of hydrogen-bond donors (Lipinski definition) is 2. The normalized spacial score (nSPS) is 14.5. The molecule has 3 aromatic rings. The second-order valence-corrected chi connectivity index (χ2v) is 9.59. The molecule has 0 saturated carbocycles. The predicted molar refractivity (Wildman–Crippen MR) is 117 cm³/mol. The summed E-state index contributed by atoms with van der Waals surface area (Å²) in [4.78, 5) is 20.4. The van der Waals surface area contributed by atoms with Gasteiger partial charge in [-0.15, -0.1) is 11.3 Å². The summed E-state index contributed by atoms with van der Waals surface area (Å²) >= 11 is 1.10. The zero-order chi connectivity index (χ0) is 21.1. The minimum Gasteiger partial charge on any atom is -0.478 e. The molecule has 8 nitrogen and oxygen atoms in total. The summed E-state index contributed by atoms with van der Waals surface area (Å²) in [5.41, 5.74) is 0.853. The van der Waals surface area contributed by atoms with Crippen molar-refractivity contribution < 1.29 is 18.3 Å². The number of pyridine rings is 1. The highest BCUT2D eigenvalue weighted by molar-refractivity contribution is 7.94. The van der Waals surface area contributed by atoms with E-state index in [1.165, 1.54) is 12.1 Å². The van der Waals surface area contributed by atoms with E-state index in [0.717, 1.165) is 17.2 Å². The molecule has 1 aliphatic rings. The highest BCUT2D eigenvalue weighted by Crippen LogP contribution is 2.28. The van der Waals surface area contributed by atoms with Crippen LogP contribution in [0.1, 0.15) is 10.4 Å². The van der Waals surface area contributed by atoms with Gasteiger partial charge in [0.15, 0.2) is 0 Å². The number of aromatic nitrogens is 1. The van der Waals surface area contributed by atoms with Crippen LogP contribution in [0.25, 0.3) is 0 Å². The number of hydrogen-bond acceptors (Lipinski definition) is 7. The van der Waals surface area contributed by atoms with Gasteiger partial charge in [0.1, 0.15) is 10.0 Å². The second-order valence-electron chi connectivity index (χ2n) is 6.74. The average molecular weight is 445 g/mol. The van der Waals surface area contributed by atoms with Crippen molar-refractivity contribution in [3.05, 3.63) is 65.7 Å². The van der Waals surface area contributed by atoms with Gasteiger partial charge in [-0.3, -0.25) is 4.72 Å². The van der Waals surface area contributed by atoms with Gasteiger partial charge in [0, 0.05) is 38.1 Å². The van der Waals surface area contributed by atoms with Crippen LogP contribution in [0.2, 0.25) is 0 Å². The summed E-state index contributed by atoms with van der Waals surface area (Å²) in [6.07, 6.45) is 1.75. The van der Waals surface area contributed by atoms with Gasteiger partial charge in [-0.1, -0.05) is 12.1 Å². The zero-order valence-electron chi connectivity index (χ0n) is 15.9. The van der Waals surface area contributed by atoms with Crippen LogP contribution in [0, 0.1) is 0 Å². The van der Waals surface area contributed by atoms with Gasteiger partial charge >= 0.3 is 5.97 Å². The highest BCUT2D eigenvalue weighted by Gasteiger charge is 2.23. The van der Waals surface area contributed by atoms with E-state index in [0.29, 0.717) is 31.9 Å². The number of carbonyl (C=O) groups is 1. The Labute approximate surface area is 178 Å². The molecular weight excluding hydrogens is 424 g/mol. The number of sulfonamides is 1. The summed E-state index contributed by atoms with van der Waals surface area (Å²) in [6.45, 7) is 2.69. The average Bonchev–Trinajstić information content (AvgIpc) is 3.30. The fourth-order valence-corrected chi connectivity index (χ4v) is 5.43. The molecule has 30 heavy (non-hydrogen) atoms. The number of aromatic carboxylic acids is 1. The number of anilines is 3. The topological polar surface area (TPSA) is 103 Å². The van der Waals surface area contributed by atoms with Crippen LogP contribution in [0.3, 0.4) is 0 Å². The lowest BCUT2D eigenvalue weighted by Gasteiger charge is -2.37. The smallest absolute Gasteiger partial charge is 0.337 e. The van der Waals surface area contributed by atoms with Crippen molar-refractivity contribution in [3.8, 4) is 0 Å². The van der Waals surface area contributed by atoms with Gasteiger partial charge in [-0.2, -0.15) is 0 Å². The molecular formula is C20H20N4O4S2. The molecule has 156 valence electrons. The van der Waals surface area contributed by atoms with Gasteiger partial charge < -0.3 is 14.9 Å². The molecule has 2 N–H and O–H groups in total. The summed E-state index contributed by atoms with van der Waals surface area (Å²) < 4.78 is 27.5. The van der Waals surface area contributed by atoms with Gasteiger partial charge in [-0.25, -0.2) is 18.2 Å². The number of carboxylic acids is 1. The fourth-order valence-electron chi connectivity index (χ4n) is 3.39. The minimum absolute atomic E-state index is 0.0627. The van der Waals surface area contributed by atoms with E-state index in [4.69, 9.17) is 0 Å². The first kappa shape index (κ1) is 20.2. The Bertz CT molecular complexity index is 1130. The van der Waals surface area contributed by atoms with E-state index in [2.05, 4.69) is 14.6 Å². The van der Waals surface area contributed by atoms with Gasteiger partial charge in [-0.05, 0) is 41.8 Å². The van der Waals surface area contributed by atoms with Crippen molar-refractivity contribution >= 4 is 44.5 Å². The van der Waals surface area contributed by atoms with E-state index in [1.807, 2.05) is 23.1 Å². The number of carboxylic acid groups (broad SMARTS) is 1. The zero-order valence-corrected chi connectivity index (χ0v) is 17.6. The van der Waals surface area contributed by atoms with E-state index in [1.54, 1.807) is 29.8 Å². The maximum Gasteiger partial charge on any atom is 0.337 e. The maximum absolute atomic E-state index is 12.4. The SMILES string of the molecule is O=C(O)c1cc(NS(=O)(=O)c2cccs2)ccc1N1CCN(c2ccccn2)CC1. The van der Waals surface area contributed by atoms with E-state index < -0.39 is 16.0 Å². The third-order valence-corrected chi connectivity index (χ3v) is 7.61. The molecule has 1 saturated heterocycles. The second kappa shape index (κ2) is 8.33. The maximum atomic E-state index is 12.4. The molecule has 0 amide bonds. The molecule has 1 fully saturated rings. The molecule has 3 heterocycles. The van der Waals surface area contributed by atoms with E-state index in [9.17, 15) is 18.3 Å². The summed E-state index contributed by atoms with van der Waals surface area (Å²) in [5, 5.41) is 11.4. The molecule has 0 atom stereocenters. The number of nitrogens with zero attached hydrogens (tertiary/aromatic N) is 3. The van der Waals surface area contributed by atoms with Crippen LogP contribution >= 0.6 is 11.3 Å². The third kappa shape index (κ3) is 4.24. The molecule has 0 aliphatic carbocycles. The fraction of sp³-hybridized carbons (Fsp3) is 0.200. The van der Waals surface area contributed by atoms with E-state index in [-0.39, 0.29) is 15.5 Å². The van der Waals surface area contributed by atoms with Crippen molar-refractivity contribution in [2.75, 3.05) is 40.7 Å². The molecule has 1 aromatic carbocycles. The van der Waals surface area contributed by atoms with Crippen molar-refractivity contribution in [1.82, 2.24) is 4.98 Å². The molecule has 0 unspecified atom stereocenters. The Morgan fingerprint density at radius 2 is 1.80 bits per heavy atom. The molecule has 0 bridgehead atoms. The number of nitrogens with one attached hydrogen (secondary N) is 1. The van der Waals surface area contributed by atoms with Gasteiger partial charge in [0.2, 0.25) is 0 Å². The Morgan fingerprint density at radius 1 is 1.03 bits per heavy atom. The number of thiophene rings is 1. The van der Waals surface area contributed by atoms with Crippen molar-refractivity contribution in [2.45, 2.75) is 4.21 Å². The summed E-state index contributed by atoms with van der Waals surface area (Å²) in [6, 6.07) is 13.5. The van der Waals surface area contributed by atoms with Crippen LogP contribution in [0.15, 0.2) is 64.3 Å². The monoisotopic (exact) mass is 444 g/mol. The standard InChI is InChI=1S/C20H20N4O4S2/c25-20(26)16-14-15(22-30(27,28)19-5-3-13-29-19)6-7-17(16)23-9-11-24(12-10-23)18-4-1-2-8-21-18/h1-8,13-14,22H,9-12H2,(H,25,26). The van der Waals surface area contributed by atoms with Crippen molar-refractivity contribution in [3.63, 3.8) is 0 Å². The molecule has 0 radical (unpaired) electrons. The first-order chi connectivity index (χ1) is 14.4. The van der Waals surface area contributed by atoms with Crippen LogP contribution in [0.4, 0.5) is 17.2 Å². The number of benzene rings is 1. The lowest BCUT2D eigenvalue weighted by atomic mass is 10.1. The Balaban J connectivity index is 1.52. The molecule has 1 aliphatic heterocycles. The molecule has 4 rings (SSSR count). The Hall–Kier alpha value is -3.11. The van der Waals surface area contributed by atoms with Crippen molar-refractivity contribution in [1.29, 1.82) is 0 Å². The molecule has 2 aromatic heterocycles. The number of rotatable bonds is 6. The Kier molecular flexibility index (Phi) is 5.60. The lowest BCUT2D eigenvalue weighted by molar-refractivity contribution is 0.0697. The minimum atomic E-state index is -3.74. The predicted octanol–water partition coefficient (Wildman–Crippen LogP) is 2.97. The van der Waals surface area contributed by atoms with Crippen LogP contribution in [-0.2, 0) is 10.0 Å². The first-order valence-electron chi connectivity index (χ1n) is 9.29. The van der Waals surface area contributed by atoms with Crippen LogP contribution < -0.4 is 14.5 Å². The quantitative estimate of drug-likeness (QED) is 0.602. The molecule has 0 spiro atoms. The van der Waals surface area contributed by atoms with E-state index >= 15 is 0 Å². The third-order valence-electron chi connectivity index (χ3n) is 4.83. The first-order valence-corrected chi connectivity index (χ1v) is 11.6. The highest BCUT2D eigenvalue weighted by atomic mass is 32.2. The lowest BCUT2D eigenvalue weighted by Crippen LogP contribution is -2.47. The van der Waals surface area contributed by atoms with Gasteiger partial charge in [0.25, 0.3) is 10.0 Å². The van der Waals surface area contributed by atoms with Crippen molar-refractivity contribution in [2.24, 2.45) is 0 Å². The summed E-state index contributed by atoms with van der Waals surface area (Å²) in [7, 11) is -3.74. The van der Waals surface area contributed by atoms with Crippen LogP contribution in [0.5, 0.6) is 0 Å². The van der Waals surface area contributed by atoms with Gasteiger partial charge in [0.05, 0.1) is 11.3 Å². The van der Waals surface area contributed by atoms with Crippen LogP contribution in [-0.4, -0.2) is 50.7 Å². The Morgan fingerprint density at radius 3 is 2.43 bits per heavy atom. The largest absolute Gasteiger partial charge is 0.478 e. The molecule has 10 heteroatoms.